The maximum Gasteiger partial charge on any atom is 0.330 e. The molecule has 0 unspecified atom stereocenters. The Balaban J connectivity index is 2.19. The Morgan fingerprint density at radius 3 is 2.40 bits per heavy atom. The first-order chi connectivity index (χ1) is 9.58. The zero-order valence-corrected chi connectivity index (χ0v) is 10.8. The molecular formula is C14H13N3O3. The highest BCUT2D eigenvalue weighted by molar-refractivity contribution is 5.94. The molecule has 0 radical (unpaired) electrons. The molecule has 2 rings (SSSR count). The second kappa shape index (κ2) is 5.92. The molecule has 2 aromatic rings. The number of amides is 1. The third kappa shape index (κ3) is 3.17. The molecule has 0 saturated carbocycles. The number of carboxylic acid groups (broad SMARTS) is 1. The molecule has 0 bridgehead atoms. The molecule has 1 heterocycles. The maximum absolute atomic E-state index is 12.0. The number of nitrogens with zero attached hydrogens (tertiary/aromatic N) is 2. The van der Waals surface area contributed by atoms with E-state index in [4.69, 9.17) is 0 Å². The van der Waals surface area contributed by atoms with Crippen LogP contribution < -0.4 is 5.32 Å². The summed E-state index contributed by atoms with van der Waals surface area (Å²) in [6.07, 6.45) is 2.77. The summed E-state index contributed by atoms with van der Waals surface area (Å²) < 4.78 is 0. The van der Waals surface area contributed by atoms with E-state index in [-0.39, 0.29) is 5.69 Å². The number of hydrogen-bond acceptors (Lipinski definition) is 4. The van der Waals surface area contributed by atoms with Crippen molar-refractivity contribution in [3.05, 3.63) is 59.7 Å². The number of nitrogens with one attached hydrogen (secondary N) is 1. The van der Waals surface area contributed by atoms with Gasteiger partial charge in [-0.1, -0.05) is 30.3 Å². The van der Waals surface area contributed by atoms with Gasteiger partial charge in [-0.3, -0.25) is 9.78 Å². The Morgan fingerprint density at radius 1 is 1.15 bits per heavy atom. The molecule has 0 saturated heterocycles. The Labute approximate surface area is 115 Å². The average Bonchev–Trinajstić information content (AvgIpc) is 2.46. The van der Waals surface area contributed by atoms with Crippen LogP contribution in [0.3, 0.4) is 0 Å². The molecule has 0 fully saturated rings. The average molecular weight is 271 g/mol. The summed E-state index contributed by atoms with van der Waals surface area (Å²) >= 11 is 0. The van der Waals surface area contributed by atoms with E-state index in [1.165, 1.54) is 12.4 Å². The van der Waals surface area contributed by atoms with Gasteiger partial charge < -0.3 is 10.4 Å². The number of benzene rings is 1. The van der Waals surface area contributed by atoms with Crippen molar-refractivity contribution in [1.29, 1.82) is 0 Å². The van der Waals surface area contributed by atoms with Gasteiger partial charge in [0.15, 0.2) is 6.04 Å². The Hall–Kier alpha value is -2.76. The van der Waals surface area contributed by atoms with E-state index in [1.807, 2.05) is 0 Å². The zero-order valence-electron chi connectivity index (χ0n) is 10.8. The summed E-state index contributed by atoms with van der Waals surface area (Å²) in [6.45, 7) is 1.75. The second-order valence-corrected chi connectivity index (χ2v) is 4.20. The number of aryl methyl sites for hydroxylation is 1. The normalized spacial score (nSPS) is 11.7. The van der Waals surface area contributed by atoms with E-state index in [2.05, 4.69) is 15.3 Å². The van der Waals surface area contributed by atoms with Crippen molar-refractivity contribution in [3.8, 4) is 0 Å². The van der Waals surface area contributed by atoms with Gasteiger partial charge in [-0.25, -0.2) is 9.78 Å². The number of hydrogen-bond donors (Lipinski definition) is 2. The minimum Gasteiger partial charge on any atom is -0.479 e. The Morgan fingerprint density at radius 2 is 1.85 bits per heavy atom. The van der Waals surface area contributed by atoms with Crippen LogP contribution in [-0.2, 0) is 4.79 Å². The molecule has 2 N–H and O–H groups in total. The molecule has 1 aromatic heterocycles. The lowest BCUT2D eigenvalue weighted by molar-refractivity contribution is -0.139. The summed E-state index contributed by atoms with van der Waals surface area (Å²) in [5.74, 6) is -1.71. The molecule has 0 spiro atoms. The number of carboxylic acids is 1. The van der Waals surface area contributed by atoms with E-state index in [1.54, 1.807) is 37.3 Å². The fourth-order valence-corrected chi connectivity index (χ4v) is 1.65. The summed E-state index contributed by atoms with van der Waals surface area (Å²) in [7, 11) is 0. The molecule has 102 valence electrons. The van der Waals surface area contributed by atoms with E-state index >= 15 is 0 Å². The first-order valence-corrected chi connectivity index (χ1v) is 5.95. The fourth-order valence-electron chi connectivity index (χ4n) is 1.65. The first kappa shape index (κ1) is 13.7. The minimum absolute atomic E-state index is 0.0813. The van der Waals surface area contributed by atoms with Crippen LogP contribution in [0.1, 0.15) is 27.8 Å². The van der Waals surface area contributed by atoms with Crippen LogP contribution in [0.4, 0.5) is 0 Å². The highest BCUT2D eigenvalue weighted by atomic mass is 16.4. The highest BCUT2D eigenvalue weighted by Crippen LogP contribution is 2.13. The van der Waals surface area contributed by atoms with Gasteiger partial charge in [0.1, 0.15) is 5.69 Å². The molecule has 20 heavy (non-hydrogen) atoms. The van der Waals surface area contributed by atoms with Crippen LogP contribution in [0.25, 0.3) is 0 Å². The smallest absolute Gasteiger partial charge is 0.330 e. The lowest BCUT2D eigenvalue weighted by Gasteiger charge is -2.14. The van der Waals surface area contributed by atoms with Gasteiger partial charge in [-0.15, -0.1) is 0 Å². The number of rotatable bonds is 4. The van der Waals surface area contributed by atoms with Gasteiger partial charge in [-0.2, -0.15) is 0 Å². The van der Waals surface area contributed by atoms with Gasteiger partial charge in [0, 0.05) is 6.20 Å². The van der Waals surface area contributed by atoms with Gasteiger partial charge in [-0.05, 0) is 12.5 Å². The standard InChI is InChI=1S/C14H13N3O3/c1-9-7-16-11(8-15-9)13(18)17-12(14(19)20)10-5-3-2-4-6-10/h2-8,12H,1H3,(H,17,18)(H,19,20)/t12-/m1/s1. The topological polar surface area (TPSA) is 92.2 Å². The number of aromatic nitrogens is 2. The van der Waals surface area contributed by atoms with Crippen LogP contribution in [0.15, 0.2) is 42.7 Å². The second-order valence-electron chi connectivity index (χ2n) is 4.20. The minimum atomic E-state index is -1.13. The van der Waals surface area contributed by atoms with Crippen LogP contribution in [-0.4, -0.2) is 27.0 Å². The largest absolute Gasteiger partial charge is 0.479 e. The molecule has 0 aliphatic heterocycles. The van der Waals surface area contributed by atoms with Gasteiger partial charge in [0.05, 0.1) is 11.9 Å². The number of carbonyl (C=O) groups excluding carboxylic acids is 1. The molecule has 6 nitrogen and oxygen atoms in total. The summed E-state index contributed by atoms with van der Waals surface area (Å²) in [6, 6.07) is 7.36. The maximum atomic E-state index is 12.0. The first-order valence-electron chi connectivity index (χ1n) is 5.95. The quantitative estimate of drug-likeness (QED) is 0.875. The zero-order chi connectivity index (χ0) is 14.5. The molecular weight excluding hydrogens is 258 g/mol. The SMILES string of the molecule is Cc1cnc(C(=O)N[C@@H](C(=O)O)c2ccccc2)cn1. The van der Waals surface area contributed by atoms with Crippen molar-refractivity contribution < 1.29 is 14.7 Å². The van der Waals surface area contributed by atoms with Crippen molar-refractivity contribution >= 4 is 11.9 Å². The van der Waals surface area contributed by atoms with Gasteiger partial charge in [0.25, 0.3) is 5.91 Å². The highest BCUT2D eigenvalue weighted by Gasteiger charge is 2.22. The molecule has 1 aromatic carbocycles. The molecule has 0 aliphatic carbocycles. The molecule has 1 amide bonds. The molecule has 1 atom stereocenters. The van der Waals surface area contributed by atoms with Crippen molar-refractivity contribution in [3.63, 3.8) is 0 Å². The van der Waals surface area contributed by atoms with Gasteiger partial charge in [0.2, 0.25) is 0 Å². The van der Waals surface area contributed by atoms with Crippen LogP contribution in [0, 0.1) is 6.92 Å². The van der Waals surface area contributed by atoms with E-state index in [9.17, 15) is 14.7 Å². The van der Waals surface area contributed by atoms with Crippen molar-refractivity contribution in [2.24, 2.45) is 0 Å². The third-order valence-electron chi connectivity index (χ3n) is 2.67. The predicted octanol–water partition coefficient (Wildman–Crippen LogP) is 1.34. The van der Waals surface area contributed by atoms with Crippen molar-refractivity contribution in [2.45, 2.75) is 13.0 Å². The van der Waals surface area contributed by atoms with Crippen molar-refractivity contribution in [1.82, 2.24) is 15.3 Å². The fraction of sp³-hybridized carbons (Fsp3) is 0.143. The summed E-state index contributed by atoms with van der Waals surface area (Å²) in [5, 5.41) is 11.6. The van der Waals surface area contributed by atoms with Crippen LogP contribution >= 0.6 is 0 Å². The van der Waals surface area contributed by atoms with E-state index < -0.39 is 17.9 Å². The summed E-state index contributed by atoms with van der Waals surface area (Å²) in [4.78, 5) is 31.1. The number of carbonyl (C=O) groups is 2. The lowest BCUT2D eigenvalue weighted by atomic mass is 10.1. The van der Waals surface area contributed by atoms with Gasteiger partial charge >= 0.3 is 5.97 Å². The third-order valence-corrected chi connectivity index (χ3v) is 2.67. The lowest BCUT2D eigenvalue weighted by Crippen LogP contribution is -2.34. The predicted molar refractivity (Wildman–Crippen MR) is 71.1 cm³/mol. The number of aliphatic carboxylic acids is 1. The Bertz CT molecular complexity index is 611. The van der Waals surface area contributed by atoms with E-state index in [0.717, 1.165) is 0 Å². The summed E-state index contributed by atoms with van der Waals surface area (Å²) in [5.41, 5.74) is 1.26. The molecule has 0 aliphatic rings. The van der Waals surface area contributed by atoms with Crippen LogP contribution in [0.5, 0.6) is 0 Å². The van der Waals surface area contributed by atoms with Crippen LogP contribution in [0.2, 0.25) is 0 Å². The van der Waals surface area contributed by atoms with E-state index in [0.29, 0.717) is 11.3 Å². The molecule has 6 heteroatoms. The van der Waals surface area contributed by atoms with Crippen molar-refractivity contribution in [2.75, 3.05) is 0 Å². The Kier molecular flexibility index (Phi) is 4.05. The monoisotopic (exact) mass is 271 g/mol.